The normalized spacial score (nSPS) is 12.0. The third-order valence-electron chi connectivity index (χ3n) is 6.28. The van der Waals surface area contributed by atoms with E-state index < -0.39 is 27.7 Å². The van der Waals surface area contributed by atoms with E-state index in [1.807, 2.05) is 25.7 Å². The summed E-state index contributed by atoms with van der Waals surface area (Å²) < 4.78 is 70.6. The highest BCUT2D eigenvalue weighted by atomic mass is 32.2. The van der Waals surface area contributed by atoms with Crippen molar-refractivity contribution < 1.29 is 31.5 Å². The number of rotatable bonds is 12. The van der Waals surface area contributed by atoms with Gasteiger partial charge in [-0.2, -0.15) is 21.6 Å². The molecule has 0 atom stereocenters. The highest BCUT2D eigenvalue weighted by Gasteiger charge is 2.35. The van der Waals surface area contributed by atoms with Crippen LogP contribution in [0.2, 0.25) is 0 Å². The number of sulfonamides is 1. The zero-order valence-electron chi connectivity index (χ0n) is 22.8. The molecule has 0 saturated heterocycles. The van der Waals surface area contributed by atoms with E-state index >= 15 is 0 Å². The van der Waals surface area contributed by atoms with Crippen molar-refractivity contribution in [2.45, 2.75) is 70.6 Å². The summed E-state index contributed by atoms with van der Waals surface area (Å²) >= 11 is 0. The molecule has 0 amide bonds. The fraction of sp³-hybridized carbons (Fsp3) is 0.393. The molecule has 2 aromatic heterocycles. The number of aromatic nitrogens is 2. The lowest BCUT2D eigenvalue weighted by molar-refractivity contribution is -0.138. The number of unbranched alkanes of at least 4 members (excludes halogenated alkanes) is 1. The molecule has 8 nitrogen and oxygen atoms in total. The Bertz CT molecular complexity index is 1460. The zero-order valence-corrected chi connectivity index (χ0v) is 23.6. The molecule has 2 N–H and O–H groups in total. The first-order chi connectivity index (χ1) is 18.7. The van der Waals surface area contributed by atoms with Crippen molar-refractivity contribution in [2.75, 3.05) is 16.2 Å². The summed E-state index contributed by atoms with van der Waals surface area (Å²) in [5.41, 5.74) is 0.349. The summed E-state index contributed by atoms with van der Waals surface area (Å²) in [7, 11) is -4.31. The number of carboxylic acid groups (broad SMARTS) is 1. The maximum absolute atomic E-state index is 13.9. The number of pyridine rings is 2. The number of anilines is 2. The summed E-state index contributed by atoms with van der Waals surface area (Å²) in [6.07, 6.45) is -3.18. The van der Waals surface area contributed by atoms with Gasteiger partial charge in [0.15, 0.2) is 5.03 Å². The van der Waals surface area contributed by atoms with Gasteiger partial charge in [-0.15, -0.1) is 0 Å². The van der Waals surface area contributed by atoms with Crippen molar-refractivity contribution >= 4 is 27.6 Å². The van der Waals surface area contributed by atoms with Gasteiger partial charge >= 0.3 is 12.1 Å². The Morgan fingerprint density at radius 3 is 2.42 bits per heavy atom. The molecule has 0 aliphatic carbocycles. The third kappa shape index (κ3) is 7.71. The van der Waals surface area contributed by atoms with Gasteiger partial charge in [0, 0.05) is 24.6 Å². The average Bonchev–Trinajstić information content (AvgIpc) is 2.87. The average molecular weight is 579 g/mol. The van der Waals surface area contributed by atoms with Crippen LogP contribution in [0.25, 0.3) is 11.3 Å². The molecule has 216 valence electrons. The molecule has 2 heterocycles. The van der Waals surface area contributed by atoms with Gasteiger partial charge in [-0.25, -0.2) is 9.97 Å². The Labute approximate surface area is 232 Å². The fourth-order valence-electron chi connectivity index (χ4n) is 4.27. The molecule has 0 bridgehead atoms. The van der Waals surface area contributed by atoms with Gasteiger partial charge in [0.1, 0.15) is 11.6 Å². The van der Waals surface area contributed by atoms with Gasteiger partial charge in [-0.3, -0.25) is 9.52 Å². The Kier molecular flexibility index (Phi) is 9.78. The Balaban J connectivity index is 1.96. The van der Waals surface area contributed by atoms with Crippen LogP contribution in [0.4, 0.5) is 24.8 Å². The van der Waals surface area contributed by atoms with Crippen LogP contribution in [0, 0.1) is 6.92 Å². The quantitative estimate of drug-likeness (QED) is 0.243. The molecule has 0 aliphatic heterocycles. The second-order valence-corrected chi connectivity index (χ2v) is 11.3. The van der Waals surface area contributed by atoms with Crippen LogP contribution in [0.5, 0.6) is 0 Å². The van der Waals surface area contributed by atoms with E-state index in [0.717, 1.165) is 17.7 Å². The number of alkyl halides is 3. The molecule has 1 aromatic carbocycles. The van der Waals surface area contributed by atoms with Crippen LogP contribution >= 0.6 is 0 Å². The monoisotopic (exact) mass is 578 g/mol. The number of halogens is 3. The fourth-order valence-corrected chi connectivity index (χ4v) is 5.23. The lowest BCUT2D eigenvalue weighted by Crippen LogP contribution is -2.33. The van der Waals surface area contributed by atoms with E-state index in [2.05, 4.69) is 14.7 Å². The highest BCUT2D eigenvalue weighted by Crippen LogP contribution is 2.38. The molecule has 0 unspecified atom stereocenters. The number of carbonyl (C=O) groups is 1. The van der Waals surface area contributed by atoms with E-state index in [4.69, 9.17) is 5.11 Å². The zero-order chi connectivity index (χ0) is 29.7. The number of nitrogens with zero attached hydrogens (tertiary/aromatic N) is 3. The smallest absolute Gasteiger partial charge is 0.418 e. The van der Waals surface area contributed by atoms with E-state index in [0.29, 0.717) is 37.2 Å². The first kappa shape index (κ1) is 30.9. The first-order valence-corrected chi connectivity index (χ1v) is 14.4. The van der Waals surface area contributed by atoms with Crippen molar-refractivity contribution in [3.63, 3.8) is 0 Å². The molecular formula is C28H33F3N4O4S. The SMILES string of the molecule is CCc1ccc(C)cc1-c1nc(NS(=O)(=O)c2cccc(N(CCCCC(=O)O)C(C)C)n2)ccc1C(F)(F)F. The Hall–Kier alpha value is -3.67. The summed E-state index contributed by atoms with van der Waals surface area (Å²) in [4.78, 5) is 21.1. The minimum Gasteiger partial charge on any atom is -0.481 e. The summed E-state index contributed by atoms with van der Waals surface area (Å²) in [6, 6.07) is 11.4. The minimum atomic E-state index is -4.70. The van der Waals surface area contributed by atoms with Crippen LogP contribution < -0.4 is 9.62 Å². The van der Waals surface area contributed by atoms with Gasteiger partial charge in [0.05, 0.1) is 11.3 Å². The predicted molar refractivity (Wildman–Crippen MR) is 148 cm³/mol. The van der Waals surface area contributed by atoms with E-state index in [9.17, 15) is 26.4 Å². The Morgan fingerprint density at radius 1 is 1.07 bits per heavy atom. The standard InChI is InChI=1S/C28H33F3N4O4S/c1-5-20-13-12-19(4)17-21(20)27-22(28(29,30)31)14-15-23(32-27)34-40(38,39)25-10-8-9-24(33-25)35(18(2)3)16-7-6-11-26(36)37/h8-10,12-15,17-18H,5-7,11,16H2,1-4H3,(H,32,34)(H,36,37). The van der Waals surface area contributed by atoms with Gasteiger partial charge < -0.3 is 10.0 Å². The van der Waals surface area contributed by atoms with Gasteiger partial charge in [0.2, 0.25) is 0 Å². The van der Waals surface area contributed by atoms with Crippen molar-refractivity contribution in [2.24, 2.45) is 0 Å². The number of aliphatic carboxylic acids is 1. The lowest BCUT2D eigenvalue weighted by Gasteiger charge is -2.28. The van der Waals surface area contributed by atoms with Gasteiger partial charge in [0.25, 0.3) is 10.0 Å². The number of carboxylic acids is 1. The van der Waals surface area contributed by atoms with Crippen molar-refractivity contribution in [3.05, 3.63) is 65.2 Å². The number of aryl methyl sites for hydroxylation is 2. The number of nitrogens with one attached hydrogen (secondary N) is 1. The molecule has 0 fully saturated rings. The molecule has 12 heteroatoms. The number of hydrogen-bond acceptors (Lipinski definition) is 6. The van der Waals surface area contributed by atoms with Crippen LogP contribution in [-0.2, 0) is 27.4 Å². The van der Waals surface area contributed by atoms with Crippen molar-refractivity contribution in [3.8, 4) is 11.3 Å². The second kappa shape index (κ2) is 12.7. The molecule has 3 aromatic rings. The van der Waals surface area contributed by atoms with Crippen molar-refractivity contribution in [1.29, 1.82) is 0 Å². The minimum absolute atomic E-state index is 0.0299. The van der Waals surface area contributed by atoms with Gasteiger partial charge in [-0.05, 0) is 75.9 Å². The molecule has 0 spiro atoms. The Morgan fingerprint density at radius 2 is 1.80 bits per heavy atom. The summed E-state index contributed by atoms with van der Waals surface area (Å²) in [5.74, 6) is -0.781. The third-order valence-corrected chi connectivity index (χ3v) is 7.54. The second-order valence-electron chi connectivity index (χ2n) is 9.68. The molecule has 3 rings (SSSR count). The first-order valence-electron chi connectivity index (χ1n) is 12.9. The van der Waals surface area contributed by atoms with Crippen LogP contribution in [0.1, 0.15) is 56.7 Å². The molecule has 0 saturated carbocycles. The van der Waals surface area contributed by atoms with E-state index in [1.165, 1.54) is 12.1 Å². The molecular weight excluding hydrogens is 545 g/mol. The maximum atomic E-state index is 13.9. The van der Waals surface area contributed by atoms with Crippen LogP contribution in [0.15, 0.2) is 53.6 Å². The highest BCUT2D eigenvalue weighted by molar-refractivity contribution is 7.92. The molecule has 40 heavy (non-hydrogen) atoms. The summed E-state index contributed by atoms with van der Waals surface area (Å²) in [6.45, 7) is 7.85. The number of benzene rings is 1. The lowest BCUT2D eigenvalue weighted by atomic mass is 9.96. The number of hydrogen-bond donors (Lipinski definition) is 2. The van der Waals surface area contributed by atoms with E-state index in [1.54, 1.807) is 31.2 Å². The van der Waals surface area contributed by atoms with Crippen molar-refractivity contribution in [1.82, 2.24) is 9.97 Å². The largest absolute Gasteiger partial charge is 0.481 e. The van der Waals surface area contributed by atoms with Crippen LogP contribution in [-0.4, -0.2) is 42.0 Å². The topological polar surface area (TPSA) is 112 Å². The van der Waals surface area contributed by atoms with Crippen LogP contribution in [0.3, 0.4) is 0 Å². The predicted octanol–water partition coefficient (Wildman–Crippen LogP) is 6.30. The molecule has 0 aliphatic rings. The summed E-state index contributed by atoms with van der Waals surface area (Å²) in [5, 5.41) is 8.54. The van der Waals surface area contributed by atoms with Gasteiger partial charge in [-0.1, -0.05) is 30.7 Å². The molecule has 0 radical (unpaired) electrons. The van der Waals surface area contributed by atoms with E-state index in [-0.39, 0.29) is 34.6 Å². The maximum Gasteiger partial charge on any atom is 0.418 e.